The van der Waals surface area contributed by atoms with E-state index in [9.17, 15) is 4.79 Å². The maximum Gasteiger partial charge on any atom is 0.256 e. The van der Waals surface area contributed by atoms with Crippen LogP contribution < -0.4 is 0 Å². The number of hydrogen-bond acceptors (Lipinski definition) is 3. The lowest BCUT2D eigenvalue weighted by Gasteiger charge is -2.27. The van der Waals surface area contributed by atoms with Crippen molar-refractivity contribution in [2.45, 2.75) is 19.8 Å². The molecule has 1 fully saturated rings. The number of aromatic nitrogens is 1. The van der Waals surface area contributed by atoms with Crippen molar-refractivity contribution in [2.75, 3.05) is 26.8 Å². The fourth-order valence-corrected chi connectivity index (χ4v) is 2.60. The van der Waals surface area contributed by atoms with E-state index in [1.54, 1.807) is 24.2 Å². The van der Waals surface area contributed by atoms with Crippen LogP contribution in [0.2, 0.25) is 5.02 Å². The van der Waals surface area contributed by atoms with Crippen LogP contribution in [0.15, 0.2) is 12.3 Å². The summed E-state index contributed by atoms with van der Waals surface area (Å²) in [5.41, 5.74) is 1.27. The molecule has 2 heterocycles. The van der Waals surface area contributed by atoms with Gasteiger partial charge in [0.1, 0.15) is 0 Å². The third-order valence-electron chi connectivity index (χ3n) is 3.35. The number of pyridine rings is 1. The van der Waals surface area contributed by atoms with Gasteiger partial charge in [0, 0.05) is 32.1 Å². The van der Waals surface area contributed by atoms with Gasteiger partial charge in [-0.25, -0.2) is 0 Å². The number of rotatable bonds is 3. The molecule has 0 spiro atoms. The van der Waals surface area contributed by atoms with Crippen LogP contribution in [0.25, 0.3) is 0 Å². The summed E-state index contributed by atoms with van der Waals surface area (Å²) in [6.45, 7) is 4.12. The van der Waals surface area contributed by atoms with Gasteiger partial charge >= 0.3 is 0 Å². The van der Waals surface area contributed by atoms with Crippen LogP contribution in [0.1, 0.15) is 28.9 Å². The van der Waals surface area contributed by atoms with Crippen molar-refractivity contribution < 1.29 is 9.53 Å². The van der Waals surface area contributed by atoms with Crippen molar-refractivity contribution >= 4 is 17.5 Å². The second-order valence-corrected chi connectivity index (χ2v) is 5.48. The van der Waals surface area contributed by atoms with Gasteiger partial charge in [-0.1, -0.05) is 11.6 Å². The molecule has 0 aromatic carbocycles. The monoisotopic (exact) mass is 282 g/mol. The van der Waals surface area contributed by atoms with Gasteiger partial charge in [0.05, 0.1) is 17.2 Å². The molecule has 0 radical (unpaired) electrons. The summed E-state index contributed by atoms with van der Waals surface area (Å²) < 4.78 is 5.43. The molecule has 0 N–H and O–H groups in total. The van der Waals surface area contributed by atoms with E-state index in [4.69, 9.17) is 16.3 Å². The molecular weight excluding hydrogens is 264 g/mol. The third-order valence-corrected chi connectivity index (χ3v) is 3.67. The number of carbonyl (C=O) groups excluding carboxylic acids is 1. The van der Waals surface area contributed by atoms with Crippen molar-refractivity contribution in [3.05, 3.63) is 28.5 Å². The standard InChI is InChI=1S/C14H19ClN2O2/c1-10-6-13(15)12(7-16-10)14(18)17(2)8-11-4-3-5-19-9-11/h6-7,11H,3-5,8-9H2,1-2H3. The van der Waals surface area contributed by atoms with Gasteiger partial charge in [0.2, 0.25) is 0 Å². The van der Waals surface area contributed by atoms with Gasteiger partial charge in [-0.05, 0) is 31.7 Å². The molecule has 2 rings (SSSR count). The van der Waals surface area contributed by atoms with Crippen LogP contribution in [0.4, 0.5) is 0 Å². The summed E-state index contributed by atoms with van der Waals surface area (Å²) in [7, 11) is 1.80. The predicted octanol–water partition coefficient (Wildman–Crippen LogP) is 2.54. The van der Waals surface area contributed by atoms with Gasteiger partial charge in [-0.3, -0.25) is 9.78 Å². The molecule has 1 aromatic rings. The zero-order chi connectivity index (χ0) is 13.8. The van der Waals surface area contributed by atoms with E-state index in [1.807, 2.05) is 6.92 Å². The maximum atomic E-state index is 12.3. The van der Waals surface area contributed by atoms with E-state index in [2.05, 4.69) is 4.98 Å². The van der Waals surface area contributed by atoms with Crippen molar-refractivity contribution in [1.82, 2.24) is 9.88 Å². The van der Waals surface area contributed by atoms with Crippen LogP contribution in [-0.4, -0.2) is 42.6 Å². The minimum atomic E-state index is -0.0805. The van der Waals surface area contributed by atoms with Gasteiger partial charge in [-0.15, -0.1) is 0 Å². The predicted molar refractivity (Wildman–Crippen MR) is 74.5 cm³/mol. The van der Waals surface area contributed by atoms with Crippen molar-refractivity contribution in [2.24, 2.45) is 5.92 Å². The van der Waals surface area contributed by atoms with Crippen molar-refractivity contribution in [1.29, 1.82) is 0 Å². The highest BCUT2D eigenvalue weighted by atomic mass is 35.5. The first kappa shape index (κ1) is 14.3. The smallest absolute Gasteiger partial charge is 0.256 e. The van der Waals surface area contributed by atoms with Crippen molar-refractivity contribution in [3.8, 4) is 0 Å². The zero-order valence-corrected chi connectivity index (χ0v) is 12.1. The van der Waals surface area contributed by atoms with E-state index < -0.39 is 0 Å². The van der Waals surface area contributed by atoms with Crippen molar-refractivity contribution in [3.63, 3.8) is 0 Å². The molecular formula is C14H19ClN2O2. The van der Waals surface area contributed by atoms with E-state index >= 15 is 0 Å². The van der Waals surface area contributed by atoms with Gasteiger partial charge in [-0.2, -0.15) is 0 Å². The lowest BCUT2D eigenvalue weighted by Crippen LogP contribution is -2.35. The summed E-state index contributed by atoms with van der Waals surface area (Å²) in [6, 6.07) is 1.71. The third kappa shape index (κ3) is 3.67. The first-order chi connectivity index (χ1) is 9.08. The lowest BCUT2D eigenvalue weighted by molar-refractivity contribution is 0.0388. The SMILES string of the molecule is Cc1cc(Cl)c(C(=O)N(C)CC2CCCOC2)cn1. The van der Waals surface area contributed by atoms with Gasteiger partial charge in [0.25, 0.3) is 5.91 Å². The molecule has 0 saturated carbocycles. The maximum absolute atomic E-state index is 12.3. The first-order valence-corrected chi connectivity index (χ1v) is 6.91. The minimum Gasteiger partial charge on any atom is -0.381 e. The molecule has 1 amide bonds. The Kier molecular flexibility index (Phi) is 4.77. The molecule has 1 aliphatic rings. The van der Waals surface area contributed by atoms with Gasteiger partial charge < -0.3 is 9.64 Å². The normalized spacial score (nSPS) is 19.2. The van der Waals surface area contributed by atoms with Gasteiger partial charge in [0.15, 0.2) is 0 Å². The number of aryl methyl sites for hydroxylation is 1. The molecule has 5 heteroatoms. The van der Waals surface area contributed by atoms with Crippen LogP contribution in [0.5, 0.6) is 0 Å². The number of hydrogen-bond donors (Lipinski definition) is 0. The molecule has 4 nitrogen and oxygen atoms in total. The Bertz CT molecular complexity index is 459. The summed E-state index contributed by atoms with van der Waals surface area (Å²) in [5, 5.41) is 0.462. The quantitative estimate of drug-likeness (QED) is 0.856. The molecule has 1 unspecified atom stereocenters. The molecule has 104 valence electrons. The summed E-state index contributed by atoms with van der Waals surface area (Å²) in [6.07, 6.45) is 3.73. The fraction of sp³-hybridized carbons (Fsp3) is 0.571. The van der Waals surface area contributed by atoms with Crippen LogP contribution in [0.3, 0.4) is 0 Å². The minimum absolute atomic E-state index is 0.0805. The average molecular weight is 283 g/mol. The summed E-state index contributed by atoms with van der Waals surface area (Å²) in [5.74, 6) is 0.336. The number of halogens is 1. The highest BCUT2D eigenvalue weighted by molar-refractivity contribution is 6.33. The van der Waals surface area contributed by atoms with Crippen LogP contribution in [0, 0.1) is 12.8 Å². The average Bonchev–Trinajstić information content (AvgIpc) is 2.39. The molecule has 1 aromatic heterocycles. The Hall–Kier alpha value is -1.13. The van der Waals surface area contributed by atoms with E-state index in [1.165, 1.54) is 0 Å². The number of ether oxygens (including phenoxy) is 1. The Balaban J connectivity index is 2.01. The second-order valence-electron chi connectivity index (χ2n) is 5.07. The number of nitrogens with zero attached hydrogens (tertiary/aromatic N) is 2. The van der Waals surface area contributed by atoms with Crippen LogP contribution >= 0.6 is 11.6 Å². The second kappa shape index (κ2) is 6.35. The first-order valence-electron chi connectivity index (χ1n) is 6.53. The topological polar surface area (TPSA) is 42.4 Å². The van der Waals surface area contributed by atoms with E-state index in [0.717, 1.165) is 31.7 Å². The largest absolute Gasteiger partial charge is 0.381 e. The summed E-state index contributed by atoms with van der Waals surface area (Å²) >= 11 is 6.10. The molecule has 1 aliphatic heterocycles. The lowest BCUT2D eigenvalue weighted by atomic mass is 10.0. The molecule has 1 atom stereocenters. The Labute approximate surface area is 118 Å². The Morgan fingerprint density at radius 1 is 1.63 bits per heavy atom. The Morgan fingerprint density at radius 3 is 3.05 bits per heavy atom. The molecule has 19 heavy (non-hydrogen) atoms. The summed E-state index contributed by atoms with van der Waals surface area (Å²) in [4.78, 5) is 18.2. The molecule has 1 saturated heterocycles. The van der Waals surface area contributed by atoms with Crippen LogP contribution in [-0.2, 0) is 4.74 Å². The number of amides is 1. The highest BCUT2D eigenvalue weighted by Gasteiger charge is 2.21. The number of carbonyl (C=O) groups is 1. The molecule has 0 aliphatic carbocycles. The van der Waals surface area contributed by atoms with E-state index in [-0.39, 0.29) is 5.91 Å². The Morgan fingerprint density at radius 2 is 2.42 bits per heavy atom. The van der Waals surface area contributed by atoms with E-state index in [0.29, 0.717) is 23.0 Å². The highest BCUT2D eigenvalue weighted by Crippen LogP contribution is 2.19. The fourth-order valence-electron chi connectivity index (χ4n) is 2.31. The zero-order valence-electron chi connectivity index (χ0n) is 11.4. The molecule has 0 bridgehead atoms.